The summed E-state index contributed by atoms with van der Waals surface area (Å²) >= 11 is 0. The van der Waals surface area contributed by atoms with E-state index in [-0.39, 0.29) is 11.9 Å². The zero-order valence-electron chi connectivity index (χ0n) is 11.8. The van der Waals surface area contributed by atoms with Crippen LogP contribution in [0.25, 0.3) is 0 Å². The van der Waals surface area contributed by atoms with Gasteiger partial charge < -0.3 is 10.6 Å². The predicted molar refractivity (Wildman–Crippen MR) is 71.9 cm³/mol. The molecule has 1 aliphatic rings. The van der Waals surface area contributed by atoms with Crippen molar-refractivity contribution in [3.8, 4) is 0 Å². The Morgan fingerprint density at radius 3 is 2.59 bits per heavy atom. The lowest BCUT2D eigenvalue weighted by molar-refractivity contribution is -0.123. The Morgan fingerprint density at radius 2 is 2.00 bits per heavy atom. The van der Waals surface area contributed by atoms with E-state index in [2.05, 4.69) is 31.4 Å². The van der Waals surface area contributed by atoms with E-state index in [1.54, 1.807) is 0 Å². The summed E-state index contributed by atoms with van der Waals surface area (Å²) in [6.45, 7) is 8.41. The second kappa shape index (κ2) is 7.00. The highest BCUT2D eigenvalue weighted by molar-refractivity contribution is 5.81. The topological polar surface area (TPSA) is 41.1 Å². The van der Waals surface area contributed by atoms with E-state index < -0.39 is 0 Å². The Morgan fingerprint density at radius 1 is 1.29 bits per heavy atom. The average Bonchev–Trinajstić information content (AvgIpc) is 2.97. The van der Waals surface area contributed by atoms with Crippen LogP contribution in [0.15, 0.2) is 0 Å². The molecule has 1 amide bonds. The molecule has 4 atom stereocenters. The van der Waals surface area contributed by atoms with Crippen LogP contribution in [0.5, 0.6) is 0 Å². The van der Waals surface area contributed by atoms with Crippen molar-refractivity contribution in [2.45, 2.75) is 77.9 Å². The third-order valence-electron chi connectivity index (χ3n) is 3.55. The average molecular weight is 240 g/mol. The van der Waals surface area contributed by atoms with E-state index >= 15 is 0 Å². The lowest BCUT2D eigenvalue weighted by Gasteiger charge is -2.18. The second-order valence-electron chi connectivity index (χ2n) is 5.48. The lowest BCUT2D eigenvalue weighted by atomic mass is 10.2. The molecule has 1 fully saturated rings. The smallest absolute Gasteiger partial charge is 0.237 e. The van der Waals surface area contributed by atoms with E-state index in [4.69, 9.17) is 0 Å². The molecule has 17 heavy (non-hydrogen) atoms. The fraction of sp³-hybridized carbons (Fsp3) is 0.929. The van der Waals surface area contributed by atoms with E-state index in [1.165, 1.54) is 19.3 Å². The summed E-state index contributed by atoms with van der Waals surface area (Å²) in [4.78, 5) is 11.9. The second-order valence-corrected chi connectivity index (χ2v) is 5.48. The van der Waals surface area contributed by atoms with Gasteiger partial charge in [-0.05, 0) is 39.0 Å². The van der Waals surface area contributed by atoms with Gasteiger partial charge in [0.2, 0.25) is 5.91 Å². The minimum Gasteiger partial charge on any atom is -0.352 e. The molecule has 0 aromatic carbocycles. The third kappa shape index (κ3) is 5.07. The predicted octanol–water partition coefficient (Wildman–Crippen LogP) is 2.46. The van der Waals surface area contributed by atoms with Crippen LogP contribution in [-0.4, -0.2) is 24.0 Å². The maximum atomic E-state index is 11.9. The first kappa shape index (κ1) is 14.5. The molecule has 0 aliphatic heterocycles. The number of carbonyl (C=O) groups is 1. The molecule has 3 nitrogen and oxygen atoms in total. The molecular weight excluding hydrogens is 212 g/mol. The Kier molecular flexibility index (Phi) is 5.96. The molecule has 1 saturated carbocycles. The number of rotatable bonds is 8. The molecule has 100 valence electrons. The summed E-state index contributed by atoms with van der Waals surface area (Å²) in [5, 5.41) is 6.48. The molecular formula is C14H28N2O. The molecule has 0 spiro atoms. The molecule has 0 bridgehead atoms. The van der Waals surface area contributed by atoms with Crippen molar-refractivity contribution in [3.05, 3.63) is 0 Å². The molecule has 3 heteroatoms. The Hall–Kier alpha value is -0.570. The quantitative estimate of drug-likeness (QED) is 0.684. The normalized spacial score (nSPS) is 26.4. The summed E-state index contributed by atoms with van der Waals surface area (Å²) in [7, 11) is 0. The van der Waals surface area contributed by atoms with Crippen LogP contribution in [0.1, 0.15) is 59.8 Å². The van der Waals surface area contributed by atoms with Crippen LogP contribution >= 0.6 is 0 Å². The van der Waals surface area contributed by atoms with Gasteiger partial charge in [0.25, 0.3) is 0 Å². The van der Waals surface area contributed by atoms with Crippen LogP contribution in [0.3, 0.4) is 0 Å². The van der Waals surface area contributed by atoms with Crippen molar-refractivity contribution < 1.29 is 4.79 Å². The summed E-state index contributed by atoms with van der Waals surface area (Å²) in [5.74, 6) is 0.955. The molecule has 2 N–H and O–H groups in total. The van der Waals surface area contributed by atoms with Crippen molar-refractivity contribution in [2.24, 2.45) is 5.92 Å². The summed E-state index contributed by atoms with van der Waals surface area (Å²) in [6.07, 6.45) is 5.95. The Bertz CT molecular complexity index is 242. The van der Waals surface area contributed by atoms with Crippen molar-refractivity contribution in [1.29, 1.82) is 0 Å². The van der Waals surface area contributed by atoms with Gasteiger partial charge in [0.1, 0.15) is 0 Å². The number of hydrogen-bond acceptors (Lipinski definition) is 2. The van der Waals surface area contributed by atoms with Gasteiger partial charge in [-0.3, -0.25) is 4.79 Å². The van der Waals surface area contributed by atoms with E-state index in [0.717, 1.165) is 18.8 Å². The minimum absolute atomic E-state index is 0.0545. The van der Waals surface area contributed by atoms with Crippen LogP contribution in [0.2, 0.25) is 0 Å². The van der Waals surface area contributed by atoms with E-state index in [1.807, 2.05) is 6.92 Å². The summed E-state index contributed by atoms with van der Waals surface area (Å²) in [5.41, 5.74) is 0. The van der Waals surface area contributed by atoms with Gasteiger partial charge >= 0.3 is 0 Å². The van der Waals surface area contributed by atoms with Crippen molar-refractivity contribution >= 4 is 5.91 Å². The first-order valence-electron chi connectivity index (χ1n) is 7.14. The SMILES string of the molecule is CCCC(C)NC(=O)C(C)NC1CC1CCC. The largest absolute Gasteiger partial charge is 0.352 e. The highest BCUT2D eigenvalue weighted by atomic mass is 16.2. The van der Waals surface area contributed by atoms with E-state index in [9.17, 15) is 4.79 Å². The number of carbonyl (C=O) groups excluding carboxylic acids is 1. The number of hydrogen-bond donors (Lipinski definition) is 2. The molecule has 1 rings (SSSR count). The highest BCUT2D eigenvalue weighted by Crippen LogP contribution is 2.34. The minimum atomic E-state index is -0.0545. The van der Waals surface area contributed by atoms with Gasteiger partial charge in [-0.25, -0.2) is 0 Å². The molecule has 0 radical (unpaired) electrons. The van der Waals surface area contributed by atoms with Gasteiger partial charge in [-0.15, -0.1) is 0 Å². The van der Waals surface area contributed by atoms with Crippen molar-refractivity contribution in [2.75, 3.05) is 0 Å². The first-order chi connectivity index (χ1) is 8.08. The summed E-state index contributed by atoms with van der Waals surface area (Å²) < 4.78 is 0. The number of amides is 1. The van der Waals surface area contributed by atoms with Gasteiger partial charge in [0.15, 0.2) is 0 Å². The monoisotopic (exact) mass is 240 g/mol. The number of nitrogens with one attached hydrogen (secondary N) is 2. The van der Waals surface area contributed by atoms with Crippen LogP contribution in [-0.2, 0) is 4.79 Å². The van der Waals surface area contributed by atoms with Gasteiger partial charge in [-0.1, -0.05) is 26.7 Å². The molecule has 1 aliphatic carbocycles. The molecule has 0 aromatic rings. The highest BCUT2D eigenvalue weighted by Gasteiger charge is 2.37. The van der Waals surface area contributed by atoms with Gasteiger partial charge in [-0.2, -0.15) is 0 Å². The standard InChI is InChI=1S/C14H28N2O/c1-5-7-10(3)15-14(17)11(4)16-13-9-12(13)8-6-2/h10-13,16H,5-9H2,1-4H3,(H,15,17). The van der Waals surface area contributed by atoms with Crippen LogP contribution in [0.4, 0.5) is 0 Å². The lowest BCUT2D eigenvalue weighted by Crippen LogP contribution is -2.46. The molecule has 4 unspecified atom stereocenters. The molecule has 0 heterocycles. The van der Waals surface area contributed by atoms with Crippen molar-refractivity contribution in [1.82, 2.24) is 10.6 Å². The Labute approximate surface area is 106 Å². The fourth-order valence-corrected chi connectivity index (χ4v) is 2.41. The van der Waals surface area contributed by atoms with Gasteiger partial charge in [0.05, 0.1) is 6.04 Å². The van der Waals surface area contributed by atoms with Crippen LogP contribution in [0, 0.1) is 5.92 Å². The molecule has 0 aromatic heterocycles. The van der Waals surface area contributed by atoms with Crippen molar-refractivity contribution in [3.63, 3.8) is 0 Å². The first-order valence-corrected chi connectivity index (χ1v) is 7.14. The zero-order valence-corrected chi connectivity index (χ0v) is 11.8. The zero-order chi connectivity index (χ0) is 12.8. The fourth-order valence-electron chi connectivity index (χ4n) is 2.41. The Balaban J connectivity index is 2.19. The summed E-state index contributed by atoms with van der Waals surface area (Å²) in [6, 6.07) is 0.820. The van der Waals surface area contributed by atoms with Crippen LogP contribution < -0.4 is 10.6 Å². The maximum Gasteiger partial charge on any atom is 0.237 e. The maximum absolute atomic E-state index is 11.9. The van der Waals surface area contributed by atoms with Gasteiger partial charge in [0, 0.05) is 12.1 Å². The van der Waals surface area contributed by atoms with E-state index in [0.29, 0.717) is 12.1 Å². The third-order valence-corrected chi connectivity index (χ3v) is 3.55. The molecule has 0 saturated heterocycles.